The van der Waals surface area contributed by atoms with E-state index in [4.69, 9.17) is 10.5 Å². The van der Waals surface area contributed by atoms with E-state index in [1.165, 1.54) is 0 Å². The summed E-state index contributed by atoms with van der Waals surface area (Å²) in [6.07, 6.45) is 0. The molecule has 0 aliphatic rings. The van der Waals surface area contributed by atoms with Gasteiger partial charge in [0.2, 0.25) is 5.91 Å². The molecule has 0 unspecified atom stereocenters. The molecule has 110 valence electrons. The minimum atomic E-state index is -0.434. The second-order valence-corrected chi connectivity index (χ2v) is 5.05. The Morgan fingerprint density at radius 3 is 2.35 bits per heavy atom. The van der Waals surface area contributed by atoms with Gasteiger partial charge in [-0.3, -0.25) is 9.59 Å². The minimum Gasteiger partial charge on any atom is -0.399 e. The fourth-order valence-corrected chi connectivity index (χ4v) is 1.34. The van der Waals surface area contributed by atoms with Gasteiger partial charge < -0.3 is 21.1 Å². The van der Waals surface area contributed by atoms with E-state index in [0.29, 0.717) is 17.8 Å². The smallest absolute Gasteiger partial charge is 0.251 e. The second kappa shape index (κ2) is 6.91. The number of methoxy groups -OCH3 is 1. The van der Waals surface area contributed by atoms with Gasteiger partial charge in [0.05, 0.1) is 12.1 Å². The highest BCUT2D eigenvalue weighted by Gasteiger charge is 2.17. The lowest BCUT2D eigenvalue weighted by atomic mass is 10.1. The Hall–Kier alpha value is -2.08. The van der Waals surface area contributed by atoms with Gasteiger partial charge in [0, 0.05) is 24.9 Å². The molecular formula is C14H21N3O3. The summed E-state index contributed by atoms with van der Waals surface area (Å²) in [5.41, 5.74) is 6.15. The molecule has 0 spiro atoms. The number of hydrogen-bond acceptors (Lipinski definition) is 4. The van der Waals surface area contributed by atoms with E-state index in [1.54, 1.807) is 31.4 Å². The number of benzene rings is 1. The molecule has 0 aliphatic carbocycles. The summed E-state index contributed by atoms with van der Waals surface area (Å²) in [6, 6.07) is 6.49. The number of carbonyl (C=O) groups is 2. The molecule has 0 fully saturated rings. The van der Waals surface area contributed by atoms with Crippen molar-refractivity contribution in [2.75, 3.05) is 25.9 Å². The fourth-order valence-electron chi connectivity index (χ4n) is 1.34. The minimum absolute atomic E-state index is 0.0804. The van der Waals surface area contributed by atoms with Crippen LogP contribution in [0.3, 0.4) is 0 Å². The summed E-state index contributed by atoms with van der Waals surface area (Å²) < 4.78 is 5.18. The van der Waals surface area contributed by atoms with Crippen LogP contribution in [-0.2, 0) is 9.53 Å². The van der Waals surface area contributed by atoms with Crippen LogP contribution in [-0.4, -0.2) is 37.6 Å². The fraction of sp³-hybridized carbons (Fsp3) is 0.429. The van der Waals surface area contributed by atoms with E-state index >= 15 is 0 Å². The Bertz CT molecular complexity index is 469. The van der Waals surface area contributed by atoms with Gasteiger partial charge in [0.25, 0.3) is 5.91 Å². The zero-order valence-corrected chi connectivity index (χ0v) is 12.0. The van der Waals surface area contributed by atoms with Gasteiger partial charge in [-0.2, -0.15) is 0 Å². The molecule has 0 heterocycles. The number of carbonyl (C=O) groups excluding carboxylic acids is 2. The van der Waals surface area contributed by atoms with Crippen molar-refractivity contribution in [1.29, 1.82) is 0 Å². The van der Waals surface area contributed by atoms with Crippen molar-refractivity contribution in [2.45, 2.75) is 19.4 Å². The van der Waals surface area contributed by atoms with E-state index in [9.17, 15) is 9.59 Å². The molecule has 6 heteroatoms. The predicted molar refractivity (Wildman–Crippen MR) is 77.3 cm³/mol. The normalized spacial score (nSPS) is 10.9. The predicted octanol–water partition coefficient (Wildman–Crippen LogP) is 0.540. The summed E-state index contributed by atoms with van der Waals surface area (Å²) in [4.78, 5) is 23.4. The number of nitrogens with two attached hydrogens (primary N) is 1. The van der Waals surface area contributed by atoms with Crippen LogP contribution in [0, 0.1) is 0 Å². The van der Waals surface area contributed by atoms with Gasteiger partial charge in [0.15, 0.2) is 0 Å². The first-order valence-electron chi connectivity index (χ1n) is 6.29. The van der Waals surface area contributed by atoms with Crippen molar-refractivity contribution in [3.63, 3.8) is 0 Å². The van der Waals surface area contributed by atoms with Crippen LogP contribution >= 0.6 is 0 Å². The SMILES string of the molecule is COC(C)(C)CNC(=O)CNC(=O)c1ccc(N)cc1. The number of amides is 2. The van der Waals surface area contributed by atoms with Gasteiger partial charge in [-0.25, -0.2) is 0 Å². The number of anilines is 1. The molecule has 2 amide bonds. The van der Waals surface area contributed by atoms with Crippen LogP contribution in [0.5, 0.6) is 0 Å². The molecule has 1 rings (SSSR count). The number of nitrogen functional groups attached to an aromatic ring is 1. The van der Waals surface area contributed by atoms with Crippen LogP contribution in [0.4, 0.5) is 5.69 Å². The lowest BCUT2D eigenvalue weighted by Gasteiger charge is -2.23. The lowest BCUT2D eigenvalue weighted by Crippen LogP contribution is -2.44. The first-order chi connectivity index (χ1) is 9.34. The molecule has 0 saturated carbocycles. The van der Waals surface area contributed by atoms with Crippen molar-refractivity contribution in [1.82, 2.24) is 10.6 Å². The summed E-state index contributed by atoms with van der Waals surface area (Å²) >= 11 is 0. The monoisotopic (exact) mass is 279 g/mol. The number of hydrogen-bond donors (Lipinski definition) is 3. The molecule has 0 radical (unpaired) electrons. The summed E-state index contributed by atoms with van der Waals surface area (Å²) in [7, 11) is 1.58. The van der Waals surface area contributed by atoms with E-state index < -0.39 is 5.60 Å². The van der Waals surface area contributed by atoms with E-state index in [1.807, 2.05) is 13.8 Å². The van der Waals surface area contributed by atoms with Crippen molar-refractivity contribution in [2.24, 2.45) is 0 Å². The number of rotatable bonds is 6. The lowest BCUT2D eigenvalue weighted by molar-refractivity contribution is -0.121. The summed E-state index contributed by atoms with van der Waals surface area (Å²) in [6.45, 7) is 4.02. The molecule has 0 aromatic heterocycles. The number of ether oxygens (including phenoxy) is 1. The third-order valence-electron chi connectivity index (χ3n) is 2.85. The first kappa shape index (κ1) is 16.0. The van der Waals surface area contributed by atoms with E-state index in [0.717, 1.165) is 0 Å². The zero-order valence-electron chi connectivity index (χ0n) is 12.0. The standard InChI is InChI=1S/C14H21N3O3/c1-14(2,20-3)9-17-12(18)8-16-13(19)10-4-6-11(15)7-5-10/h4-7H,8-9,15H2,1-3H3,(H,16,19)(H,17,18). The number of nitrogens with one attached hydrogen (secondary N) is 2. The maximum Gasteiger partial charge on any atom is 0.251 e. The van der Waals surface area contributed by atoms with Gasteiger partial charge in [-0.05, 0) is 38.1 Å². The average molecular weight is 279 g/mol. The Morgan fingerprint density at radius 1 is 1.20 bits per heavy atom. The van der Waals surface area contributed by atoms with Gasteiger partial charge in [-0.15, -0.1) is 0 Å². The Balaban J connectivity index is 2.37. The summed E-state index contributed by atoms with van der Waals surface area (Å²) in [5, 5.41) is 5.23. The third-order valence-corrected chi connectivity index (χ3v) is 2.85. The maximum absolute atomic E-state index is 11.8. The molecule has 20 heavy (non-hydrogen) atoms. The first-order valence-corrected chi connectivity index (χ1v) is 6.29. The second-order valence-electron chi connectivity index (χ2n) is 5.05. The van der Waals surface area contributed by atoms with Crippen LogP contribution in [0.1, 0.15) is 24.2 Å². The topological polar surface area (TPSA) is 93.5 Å². The Kier molecular flexibility index (Phi) is 5.52. The average Bonchev–Trinajstić information content (AvgIpc) is 2.43. The highest BCUT2D eigenvalue weighted by atomic mass is 16.5. The molecule has 0 aliphatic heterocycles. The van der Waals surface area contributed by atoms with Crippen LogP contribution < -0.4 is 16.4 Å². The van der Waals surface area contributed by atoms with Crippen molar-refractivity contribution >= 4 is 17.5 Å². The Labute approximate surface area is 118 Å². The van der Waals surface area contributed by atoms with Gasteiger partial charge in [-0.1, -0.05) is 0 Å². The largest absolute Gasteiger partial charge is 0.399 e. The molecule has 1 aromatic rings. The molecule has 4 N–H and O–H groups in total. The highest BCUT2D eigenvalue weighted by Crippen LogP contribution is 2.05. The van der Waals surface area contributed by atoms with Crippen LogP contribution in [0.25, 0.3) is 0 Å². The third kappa shape index (κ3) is 5.27. The van der Waals surface area contributed by atoms with Crippen LogP contribution in [0.2, 0.25) is 0 Å². The molecule has 1 aromatic carbocycles. The quantitative estimate of drug-likeness (QED) is 0.663. The highest BCUT2D eigenvalue weighted by molar-refractivity contribution is 5.96. The van der Waals surface area contributed by atoms with Gasteiger partial charge >= 0.3 is 0 Å². The molecule has 0 atom stereocenters. The zero-order chi connectivity index (χ0) is 15.2. The van der Waals surface area contributed by atoms with Crippen molar-refractivity contribution < 1.29 is 14.3 Å². The molecule has 0 bridgehead atoms. The van der Waals surface area contributed by atoms with Crippen molar-refractivity contribution in [3.05, 3.63) is 29.8 Å². The Morgan fingerprint density at radius 2 is 1.80 bits per heavy atom. The summed E-state index contributed by atoms with van der Waals surface area (Å²) in [5.74, 6) is -0.579. The van der Waals surface area contributed by atoms with E-state index in [-0.39, 0.29) is 18.4 Å². The molecule has 6 nitrogen and oxygen atoms in total. The molecular weight excluding hydrogens is 258 g/mol. The van der Waals surface area contributed by atoms with E-state index in [2.05, 4.69) is 10.6 Å². The van der Waals surface area contributed by atoms with Crippen molar-refractivity contribution in [3.8, 4) is 0 Å². The van der Waals surface area contributed by atoms with Gasteiger partial charge in [0.1, 0.15) is 0 Å². The molecule has 0 saturated heterocycles. The van der Waals surface area contributed by atoms with Crippen LogP contribution in [0.15, 0.2) is 24.3 Å². The maximum atomic E-state index is 11.8.